The summed E-state index contributed by atoms with van der Waals surface area (Å²) in [5, 5.41) is 0. The predicted octanol–water partition coefficient (Wildman–Crippen LogP) is 1.08. The lowest BCUT2D eigenvalue weighted by Gasteiger charge is -2.32. The molecule has 15 heavy (non-hydrogen) atoms. The van der Waals surface area contributed by atoms with Crippen LogP contribution in [0.4, 0.5) is 0 Å². The lowest BCUT2D eigenvalue weighted by atomic mass is 9.80. The molecule has 2 aliphatic rings. The summed E-state index contributed by atoms with van der Waals surface area (Å²) in [6.07, 6.45) is 2.40. The second-order valence-electron chi connectivity index (χ2n) is 4.56. The summed E-state index contributed by atoms with van der Waals surface area (Å²) in [4.78, 5) is 0. The van der Waals surface area contributed by atoms with Crippen LogP contribution in [0.2, 0.25) is 0 Å². The van der Waals surface area contributed by atoms with Gasteiger partial charge in [-0.1, -0.05) is 13.5 Å². The second-order valence-corrected chi connectivity index (χ2v) is 4.56. The van der Waals surface area contributed by atoms with Crippen LogP contribution in [-0.4, -0.2) is 39.3 Å². The molecule has 1 saturated carbocycles. The maximum atomic E-state index is 5.95. The predicted molar refractivity (Wildman–Crippen MR) is 57.6 cm³/mol. The molecular formula is C11H17BO3. The second kappa shape index (κ2) is 3.83. The lowest BCUT2D eigenvalue weighted by Crippen LogP contribution is -2.42. The van der Waals surface area contributed by atoms with Gasteiger partial charge in [0.05, 0.1) is 12.9 Å². The van der Waals surface area contributed by atoms with Crippen LogP contribution in [0.1, 0.15) is 13.3 Å². The largest absolute Gasteiger partial charge is 0.495 e. The Bertz CT molecular complexity index is 244. The summed E-state index contributed by atoms with van der Waals surface area (Å²) in [6, 6.07) is -0.242. The van der Waals surface area contributed by atoms with Crippen molar-refractivity contribution in [1.29, 1.82) is 0 Å². The quantitative estimate of drug-likeness (QED) is 0.511. The Labute approximate surface area is 92.2 Å². The van der Waals surface area contributed by atoms with Crippen molar-refractivity contribution in [3.63, 3.8) is 0 Å². The average molecular weight is 208 g/mol. The van der Waals surface area contributed by atoms with Crippen LogP contribution in [0.15, 0.2) is 12.8 Å². The Hall–Kier alpha value is -0.475. The Balaban J connectivity index is 2.23. The highest BCUT2D eigenvalue weighted by molar-refractivity contribution is 6.11. The van der Waals surface area contributed by atoms with Crippen LogP contribution < -0.4 is 0 Å². The van der Waals surface area contributed by atoms with E-state index in [0.717, 1.165) is 6.42 Å². The molecule has 1 saturated heterocycles. The van der Waals surface area contributed by atoms with E-state index in [2.05, 4.69) is 13.5 Å². The first-order valence-corrected chi connectivity index (χ1v) is 5.33. The SMILES string of the molecule is [B]C1OC2(COC)CC(C)C1C2OC=C. The summed E-state index contributed by atoms with van der Waals surface area (Å²) >= 11 is 0. The van der Waals surface area contributed by atoms with Gasteiger partial charge in [-0.15, -0.1) is 0 Å². The number of methoxy groups -OCH3 is 1. The zero-order valence-corrected chi connectivity index (χ0v) is 9.31. The Morgan fingerprint density at radius 3 is 2.93 bits per heavy atom. The highest BCUT2D eigenvalue weighted by Gasteiger charge is 2.62. The van der Waals surface area contributed by atoms with Crippen LogP contribution in [-0.2, 0) is 14.2 Å². The molecule has 2 bridgehead atoms. The van der Waals surface area contributed by atoms with Crippen LogP contribution in [0.5, 0.6) is 0 Å². The van der Waals surface area contributed by atoms with Crippen LogP contribution in [0, 0.1) is 11.8 Å². The van der Waals surface area contributed by atoms with E-state index in [1.54, 1.807) is 7.11 Å². The number of fused-ring (bicyclic) bond motifs is 2. The van der Waals surface area contributed by atoms with Gasteiger partial charge in [0.2, 0.25) is 0 Å². The average Bonchev–Trinajstić information content (AvgIpc) is 2.53. The molecule has 2 radical (unpaired) electrons. The van der Waals surface area contributed by atoms with E-state index >= 15 is 0 Å². The lowest BCUT2D eigenvalue weighted by molar-refractivity contribution is -0.114. The molecule has 0 aromatic heterocycles. The zero-order chi connectivity index (χ0) is 11.1. The third kappa shape index (κ3) is 1.51. The molecule has 0 aromatic rings. The van der Waals surface area contributed by atoms with Crippen molar-refractivity contribution in [3.05, 3.63) is 12.8 Å². The molecule has 0 aromatic carbocycles. The molecule has 1 aliphatic heterocycles. The van der Waals surface area contributed by atoms with Gasteiger partial charge in [0, 0.05) is 19.0 Å². The molecule has 1 heterocycles. The maximum absolute atomic E-state index is 5.95. The van der Waals surface area contributed by atoms with Crippen molar-refractivity contribution >= 4 is 7.85 Å². The van der Waals surface area contributed by atoms with Gasteiger partial charge >= 0.3 is 0 Å². The van der Waals surface area contributed by atoms with Crippen molar-refractivity contribution in [2.75, 3.05) is 13.7 Å². The third-order valence-corrected chi connectivity index (χ3v) is 3.57. The summed E-state index contributed by atoms with van der Waals surface area (Å²) in [5.74, 6) is 0.756. The van der Waals surface area contributed by atoms with Crippen LogP contribution in [0.25, 0.3) is 0 Å². The van der Waals surface area contributed by atoms with Gasteiger partial charge in [0.15, 0.2) is 0 Å². The van der Waals surface area contributed by atoms with Gasteiger partial charge in [-0.25, -0.2) is 0 Å². The standard InChI is InChI=1S/C11H17BO3/c1-4-14-9-8-7(2)5-11(9,6-13-3)15-10(8)12/h4,7-10H,1,5-6H2,2-3H3. The molecule has 0 N–H and O–H groups in total. The molecule has 2 rings (SSSR count). The van der Waals surface area contributed by atoms with Crippen molar-refractivity contribution in [2.45, 2.75) is 31.1 Å². The maximum Gasteiger partial charge on any atom is 0.134 e. The van der Waals surface area contributed by atoms with Crippen LogP contribution >= 0.6 is 0 Å². The summed E-state index contributed by atoms with van der Waals surface area (Å²) in [5.41, 5.74) is -0.369. The molecule has 82 valence electrons. The van der Waals surface area contributed by atoms with Gasteiger partial charge in [0.1, 0.15) is 19.6 Å². The van der Waals surface area contributed by atoms with E-state index < -0.39 is 0 Å². The third-order valence-electron chi connectivity index (χ3n) is 3.57. The highest BCUT2D eigenvalue weighted by Crippen LogP contribution is 2.52. The van der Waals surface area contributed by atoms with E-state index in [1.807, 2.05) is 0 Å². The number of hydrogen-bond acceptors (Lipinski definition) is 3. The van der Waals surface area contributed by atoms with Crippen molar-refractivity contribution in [3.8, 4) is 0 Å². The Morgan fingerprint density at radius 1 is 1.67 bits per heavy atom. The fourth-order valence-electron chi connectivity index (χ4n) is 3.14. The van der Waals surface area contributed by atoms with Crippen molar-refractivity contribution < 1.29 is 14.2 Å². The number of hydrogen-bond donors (Lipinski definition) is 0. The highest BCUT2D eigenvalue weighted by atomic mass is 16.6. The van der Waals surface area contributed by atoms with E-state index in [-0.39, 0.29) is 23.6 Å². The molecule has 1 aliphatic carbocycles. The summed E-state index contributed by atoms with van der Waals surface area (Å²) in [6.45, 7) is 6.31. The minimum atomic E-state index is -0.369. The monoisotopic (exact) mass is 208 g/mol. The van der Waals surface area contributed by atoms with Crippen molar-refractivity contribution in [1.82, 2.24) is 0 Å². The number of rotatable bonds is 4. The van der Waals surface area contributed by atoms with Crippen molar-refractivity contribution in [2.24, 2.45) is 11.8 Å². The van der Waals surface area contributed by atoms with E-state index in [1.165, 1.54) is 6.26 Å². The first-order valence-electron chi connectivity index (χ1n) is 5.33. The Kier molecular flexibility index (Phi) is 2.82. The molecule has 5 unspecified atom stereocenters. The molecule has 3 nitrogen and oxygen atoms in total. The number of ether oxygens (including phenoxy) is 3. The topological polar surface area (TPSA) is 27.7 Å². The Morgan fingerprint density at radius 2 is 2.40 bits per heavy atom. The first-order chi connectivity index (χ1) is 7.14. The minimum Gasteiger partial charge on any atom is -0.495 e. The van der Waals surface area contributed by atoms with Gasteiger partial charge < -0.3 is 14.2 Å². The molecule has 0 spiro atoms. The zero-order valence-electron chi connectivity index (χ0n) is 9.31. The summed E-state index contributed by atoms with van der Waals surface area (Å²) in [7, 11) is 7.63. The summed E-state index contributed by atoms with van der Waals surface area (Å²) < 4.78 is 16.6. The first kappa shape index (κ1) is 11.0. The molecule has 4 heteroatoms. The molecule has 5 atom stereocenters. The van der Waals surface area contributed by atoms with E-state index in [0.29, 0.717) is 12.5 Å². The van der Waals surface area contributed by atoms with Crippen LogP contribution in [0.3, 0.4) is 0 Å². The molecule has 0 amide bonds. The normalized spacial score (nSPS) is 48.1. The van der Waals surface area contributed by atoms with Gasteiger partial charge in [-0.3, -0.25) is 0 Å². The fraction of sp³-hybridized carbons (Fsp3) is 0.818. The minimum absolute atomic E-state index is 0.0139. The van der Waals surface area contributed by atoms with Gasteiger partial charge in [-0.05, 0) is 12.3 Å². The molecule has 2 fully saturated rings. The van der Waals surface area contributed by atoms with Gasteiger partial charge in [-0.2, -0.15) is 0 Å². The van der Waals surface area contributed by atoms with Gasteiger partial charge in [0.25, 0.3) is 0 Å². The van der Waals surface area contributed by atoms with E-state index in [9.17, 15) is 0 Å². The smallest absolute Gasteiger partial charge is 0.134 e. The fourth-order valence-corrected chi connectivity index (χ4v) is 3.14. The molecular weight excluding hydrogens is 191 g/mol. The van der Waals surface area contributed by atoms with E-state index in [4.69, 9.17) is 22.1 Å².